The molecule has 21 heavy (non-hydrogen) atoms. The Morgan fingerprint density at radius 1 is 1.24 bits per heavy atom. The quantitative estimate of drug-likeness (QED) is 0.672. The van der Waals surface area contributed by atoms with Gasteiger partial charge in [0.25, 0.3) is 5.69 Å². The highest BCUT2D eigenvalue weighted by molar-refractivity contribution is 5.58. The standard InChI is InChI=1S/C14H15F3N2O2/c15-14(16,17)11-7-10(19(20)21)3-4-12(11)18-13-6-8-1-2-9(13)5-8/h3-4,7-9,13,18H,1-2,5-6H2. The second-order valence-corrected chi connectivity index (χ2v) is 5.91. The van der Waals surface area contributed by atoms with E-state index in [1.54, 1.807) is 0 Å². The van der Waals surface area contributed by atoms with Crippen molar-refractivity contribution in [2.24, 2.45) is 11.8 Å². The minimum absolute atomic E-state index is 0.0475. The van der Waals surface area contributed by atoms with Gasteiger partial charge < -0.3 is 5.32 Å². The van der Waals surface area contributed by atoms with Crippen LogP contribution in [-0.4, -0.2) is 11.0 Å². The number of fused-ring (bicyclic) bond motifs is 2. The average Bonchev–Trinajstić information content (AvgIpc) is 3.00. The Balaban J connectivity index is 1.88. The lowest BCUT2D eigenvalue weighted by atomic mass is 9.95. The summed E-state index contributed by atoms with van der Waals surface area (Å²) in [6.07, 6.45) is -0.428. The van der Waals surface area contributed by atoms with Gasteiger partial charge in [0.2, 0.25) is 0 Å². The maximum atomic E-state index is 13.1. The van der Waals surface area contributed by atoms with Gasteiger partial charge in [0, 0.05) is 23.9 Å². The molecule has 2 aliphatic carbocycles. The van der Waals surface area contributed by atoms with Gasteiger partial charge in [0.15, 0.2) is 0 Å². The van der Waals surface area contributed by atoms with Gasteiger partial charge in [-0.05, 0) is 37.2 Å². The average molecular weight is 300 g/mol. The number of hydrogen-bond acceptors (Lipinski definition) is 3. The molecule has 2 saturated carbocycles. The number of non-ortho nitro benzene ring substituents is 1. The van der Waals surface area contributed by atoms with Crippen LogP contribution in [0.2, 0.25) is 0 Å². The molecule has 0 amide bonds. The van der Waals surface area contributed by atoms with Crippen LogP contribution < -0.4 is 5.32 Å². The maximum absolute atomic E-state index is 13.1. The summed E-state index contributed by atoms with van der Waals surface area (Å²) < 4.78 is 39.3. The van der Waals surface area contributed by atoms with Crippen LogP contribution in [0.3, 0.4) is 0 Å². The van der Waals surface area contributed by atoms with Gasteiger partial charge in [0.1, 0.15) is 0 Å². The number of halogens is 3. The summed E-state index contributed by atoms with van der Waals surface area (Å²) in [5, 5.41) is 13.6. The van der Waals surface area contributed by atoms with E-state index >= 15 is 0 Å². The maximum Gasteiger partial charge on any atom is 0.418 e. The number of rotatable bonds is 3. The van der Waals surface area contributed by atoms with E-state index in [-0.39, 0.29) is 11.7 Å². The third-order valence-corrected chi connectivity index (χ3v) is 4.60. The Labute approximate surface area is 119 Å². The van der Waals surface area contributed by atoms with E-state index in [2.05, 4.69) is 5.32 Å². The van der Waals surface area contributed by atoms with Gasteiger partial charge in [-0.2, -0.15) is 13.2 Å². The van der Waals surface area contributed by atoms with E-state index in [1.807, 2.05) is 0 Å². The summed E-state index contributed by atoms with van der Waals surface area (Å²) in [4.78, 5) is 9.85. The van der Waals surface area contributed by atoms with Crippen molar-refractivity contribution in [1.29, 1.82) is 0 Å². The van der Waals surface area contributed by atoms with E-state index in [4.69, 9.17) is 0 Å². The summed E-state index contributed by atoms with van der Waals surface area (Å²) in [7, 11) is 0. The number of alkyl halides is 3. The number of benzene rings is 1. The first kappa shape index (κ1) is 14.2. The molecule has 2 aliphatic rings. The molecule has 0 spiro atoms. The summed E-state index contributed by atoms with van der Waals surface area (Å²) in [6.45, 7) is 0. The van der Waals surface area contributed by atoms with Gasteiger partial charge in [0.05, 0.1) is 10.5 Å². The van der Waals surface area contributed by atoms with Crippen LogP contribution in [0.5, 0.6) is 0 Å². The van der Waals surface area contributed by atoms with Gasteiger partial charge >= 0.3 is 6.18 Å². The molecule has 114 valence electrons. The molecule has 2 fully saturated rings. The first-order valence-electron chi connectivity index (χ1n) is 6.97. The smallest absolute Gasteiger partial charge is 0.382 e. The minimum atomic E-state index is -4.61. The molecule has 1 aromatic carbocycles. The van der Waals surface area contributed by atoms with E-state index in [1.165, 1.54) is 6.07 Å². The lowest BCUT2D eigenvalue weighted by Gasteiger charge is -2.25. The van der Waals surface area contributed by atoms with Crippen LogP contribution in [0.25, 0.3) is 0 Å². The molecule has 4 nitrogen and oxygen atoms in total. The van der Waals surface area contributed by atoms with Crippen LogP contribution in [0.4, 0.5) is 24.5 Å². The Morgan fingerprint density at radius 2 is 2.00 bits per heavy atom. The molecule has 1 aromatic rings. The molecule has 0 aliphatic heterocycles. The molecule has 2 bridgehead atoms. The molecule has 1 N–H and O–H groups in total. The molecule has 0 saturated heterocycles. The molecule has 7 heteroatoms. The minimum Gasteiger partial charge on any atom is -0.382 e. The molecule has 3 unspecified atom stereocenters. The number of hydrogen-bond donors (Lipinski definition) is 1. The molecular formula is C14H15F3N2O2. The normalized spacial score (nSPS) is 27.9. The van der Waals surface area contributed by atoms with Gasteiger partial charge in [-0.15, -0.1) is 0 Å². The Morgan fingerprint density at radius 3 is 2.52 bits per heavy atom. The van der Waals surface area contributed by atoms with Crippen molar-refractivity contribution in [1.82, 2.24) is 0 Å². The molecule has 0 aromatic heterocycles. The van der Waals surface area contributed by atoms with Gasteiger partial charge in [-0.3, -0.25) is 10.1 Å². The van der Waals surface area contributed by atoms with Crippen LogP contribution >= 0.6 is 0 Å². The lowest BCUT2D eigenvalue weighted by molar-refractivity contribution is -0.385. The third kappa shape index (κ3) is 2.69. The number of nitro groups is 1. The fourth-order valence-corrected chi connectivity index (χ4v) is 3.63. The SMILES string of the molecule is O=[N+]([O-])c1ccc(NC2CC3CCC2C3)c(C(F)(F)F)c1. The van der Waals surface area contributed by atoms with Crippen molar-refractivity contribution in [2.45, 2.75) is 37.9 Å². The van der Waals surface area contributed by atoms with Gasteiger partial charge in [-0.25, -0.2) is 0 Å². The predicted molar refractivity (Wildman–Crippen MR) is 71.0 cm³/mol. The van der Waals surface area contributed by atoms with Crippen molar-refractivity contribution in [3.8, 4) is 0 Å². The van der Waals surface area contributed by atoms with E-state index in [0.29, 0.717) is 17.9 Å². The predicted octanol–water partition coefficient (Wildman–Crippen LogP) is 4.21. The topological polar surface area (TPSA) is 55.2 Å². The highest BCUT2D eigenvalue weighted by Gasteiger charge is 2.41. The Hall–Kier alpha value is -1.79. The first-order chi connectivity index (χ1) is 9.84. The highest BCUT2D eigenvalue weighted by atomic mass is 19.4. The van der Waals surface area contributed by atoms with Crippen molar-refractivity contribution >= 4 is 11.4 Å². The van der Waals surface area contributed by atoms with Crippen LogP contribution in [0, 0.1) is 22.0 Å². The van der Waals surface area contributed by atoms with Crippen LogP contribution in [-0.2, 0) is 6.18 Å². The molecule has 0 heterocycles. The number of nitrogens with one attached hydrogen (secondary N) is 1. The largest absolute Gasteiger partial charge is 0.418 e. The number of nitrogens with zero attached hydrogens (tertiary/aromatic N) is 1. The van der Waals surface area contributed by atoms with E-state index in [0.717, 1.165) is 31.7 Å². The van der Waals surface area contributed by atoms with E-state index < -0.39 is 22.4 Å². The molecule has 3 atom stereocenters. The van der Waals surface area contributed by atoms with Crippen molar-refractivity contribution in [3.63, 3.8) is 0 Å². The Kier molecular flexibility index (Phi) is 3.30. The third-order valence-electron chi connectivity index (χ3n) is 4.60. The summed E-state index contributed by atoms with van der Waals surface area (Å²) in [5.41, 5.74) is -1.55. The molecular weight excluding hydrogens is 285 g/mol. The number of nitro benzene ring substituents is 1. The van der Waals surface area contributed by atoms with Crippen LogP contribution in [0.15, 0.2) is 18.2 Å². The van der Waals surface area contributed by atoms with Crippen molar-refractivity contribution in [2.75, 3.05) is 5.32 Å². The van der Waals surface area contributed by atoms with E-state index in [9.17, 15) is 23.3 Å². The monoisotopic (exact) mass is 300 g/mol. The van der Waals surface area contributed by atoms with Crippen LogP contribution in [0.1, 0.15) is 31.2 Å². The summed E-state index contributed by atoms with van der Waals surface area (Å²) >= 11 is 0. The van der Waals surface area contributed by atoms with Gasteiger partial charge in [-0.1, -0.05) is 6.42 Å². The van der Waals surface area contributed by atoms with Crippen molar-refractivity contribution < 1.29 is 18.1 Å². The molecule has 3 rings (SSSR count). The zero-order chi connectivity index (χ0) is 15.2. The Bertz CT molecular complexity index is 574. The molecule has 0 radical (unpaired) electrons. The lowest BCUT2D eigenvalue weighted by Crippen LogP contribution is -2.27. The number of anilines is 1. The fraction of sp³-hybridized carbons (Fsp3) is 0.571. The summed E-state index contributed by atoms with van der Waals surface area (Å²) in [6, 6.07) is 2.94. The zero-order valence-corrected chi connectivity index (χ0v) is 11.2. The highest BCUT2D eigenvalue weighted by Crippen LogP contribution is 2.46. The summed E-state index contributed by atoms with van der Waals surface area (Å²) in [5.74, 6) is 1.03. The zero-order valence-electron chi connectivity index (χ0n) is 11.2. The second kappa shape index (κ2) is 4.89. The van der Waals surface area contributed by atoms with Crippen molar-refractivity contribution in [3.05, 3.63) is 33.9 Å². The fourth-order valence-electron chi connectivity index (χ4n) is 3.63. The second-order valence-electron chi connectivity index (χ2n) is 5.91. The first-order valence-corrected chi connectivity index (χ1v) is 6.97.